The van der Waals surface area contributed by atoms with Gasteiger partial charge in [-0.05, 0) is 12.1 Å². The van der Waals surface area contributed by atoms with E-state index in [-0.39, 0.29) is 42.5 Å². The Morgan fingerprint density at radius 1 is 1.28 bits per heavy atom. The van der Waals surface area contributed by atoms with Crippen LogP contribution >= 0.6 is 11.6 Å². The summed E-state index contributed by atoms with van der Waals surface area (Å²) in [5, 5.41) is 6.86. The molecular weight excluding hydrogens is 437 g/mol. The van der Waals surface area contributed by atoms with Crippen LogP contribution in [0.5, 0.6) is 0 Å². The van der Waals surface area contributed by atoms with Crippen molar-refractivity contribution in [2.75, 3.05) is 24.1 Å². The molecule has 1 fully saturated rings. The first-order chi connectivity index (χ1) is 15.4. The number of ether oxygens (including phenoxy) is 1. The highest BCUT2D eigenvalue weighted by Crippen LogP contribution is 2.45. The van der Waals surface area contributed by atoms with Crippen LogP contribution in [0.15, 0.2) is 48.5 Å². The van der Waals surface area contributed by atoms with Crippen molar-refractivity contribution in [3.05, 3.63) is 64.9 Å². The predicted molar refractivity (Wildman–Crippen MR) is 116 cm³/mol. The number of carbonyl (C=O) groups is 2. The van der Waals surface area contributed by atoms with E-state index >= 15 is 0 Å². The number of nitrogen functional groups attached to an aromatic ring is 1. The van der Waals surface area contributed by atoms with E-state index in [4.69, 9.17) is 22.1 Å². The predicted octanol–water partition coefficient (Wildman–Crippen LogP) is 3.61. The molecule has 0 bridgehead atoms. The number of hydrogen-bond acceptors (Lipinski definition) is 5. The third-order valence-electron chi connectivity index (χ3n) is 5.83. The van der Waals surface area contributed by atoms with Gasteiger partial charge in [-0.15, -0.1) is 0 Å². The zero-order chi connectivity index (χ0) is 22.5. The molecule has 1 saturated heterocycles. The van der Waals surface area contributed by atoms with E-state index in [2.05, 4.69) is 10.4 Å². The van der Waals surface area contributed by atoms with Gasteiger partial charge in [0.25, 0.3) is 0 Å². The monoisotopic (exact) mass is 455 g/mol. The van der Waals surface area contributed by atoms with Crippen LogP contribution in [0.1, 0.15) is 12.0 Å². The average Bonchev–Trinajstić information content (AvgIpc) is 3.35. The Bertz CT molecular complexity index is 1230. The van der Waals surface area contributed by atoms with Crippen molar-refractivity contribution in [2.45, 2.75) is 18.6 Å². The minimum absolute atomic E-state index is 0.0102. The first-order valence-electron chi connectivity index (χ1n) is 10.0. The van der Waals surface area contributed by atoms with Crippen molar-refractivity contribution in [3.8, 4) is 11.3 Å². The molecule has 1 aromatic heterocycles. The molecule has 2 aliphatic rings. The van der Waals surface area contributed by atoms with E-state index in [1.165, 1.54) is 21.7 Å². The number of aromatic nitrogens is 2. The summed E-state index contributed by atoms with van der Waals surface area (Å²) in [6.45, 7) is 0.201. The van der Waals surface area contributed by atoms with Crippen molar-refractivity contribution in [1.29, 1.82) is 0 Å². The zero-order valence-corrected chi connectivity index (χ0v) is 17.6. The molecule has 0 unspecified atom stereocenters. The summed E-state index contributed by atoms with van der Waals surface area (Å²) >= 11 is 5.97. The van der Waals surface area contributed by atoms with Crippen molar-refractivity contribution in [1.82, 2.24) is 14.7 Å². The number of carbonyl (C=O) groups excluding carboxylic acids is 2. The van der Waals surface area contributed by atoms with Crippen LogP contribution in [0, 0.1) is 5.82 Å². The average molecular weight is 456 g/mol. The van der Waals surface area contributed by atoms with E-state index in [1.54, 1.807) is 6.07 Å². The van der Waals surface area contributed by atoms with Crippen molar-refractivity contribution < 1.29 is 18.7 Å². The first kappa shape index (κ1) is 20.3. The maximum atomic E-state index is 14.9. The molecule has 0 saturated carbocycles. The Morgan fingerprint density at radius 2 is 2.06 bits per heavy atom. The lowest BCUT2D eigenvalue weighted by Gasteiger charge is -2.35. The van der Waals surface area contributed by atoms with Crippen LogP contribution in [-0.2, 0) is 21.7 Å². The molecule has 0 aliphatic carbocycles. The molecule has 2 amide bonds. The van der Waals surface area contributed by atoms with Crippen molar-refractivity contribution >= 4 is 35.1 Å². The second-order valence-electron chi connectivity index (χ2n) is 7.84. The maximum absolute atomic E-state index is 14.9. The number of halogens is 2. The summed E-state index contributed by atoms with van der Waals surface area (Å²) in [5.41, 5.74) is 6.76. The highest BCUT2D eigenvalue weighted by Gasteiger charge is 2.50. The van der Waals surface area contributed by atoms with Crippen LogP contribution in [-0.4, -0.2) is 39.8 Å². The summed E-state index contributed by atoms with van der Waals surface area (Å²) < 4.78 is 21.9. The normalized spacial score (nSPS) is 19.6. The molecule has 8 nitrogen and oxygen atoms in total. The van der Waals surface area contributed by atoms with Crippen LogP contribution in [0.4, 0.5) is 20.7 Å². The Hall–Kier alpha value is -3.59. The van der Waals surface area contributed by atoms with Crippen LogP contribution in [0.3, 0.4) is 0 Å². The Kier molecular flexibility index (Phi) is 4.78. The molecule has 2 aromatic carbocycles. The third kappa shape index (κ3) is 3.34. The van der Waals surface area contributed by atoms with Crippen LogP contribution in [0.25, 0.3) is 11.3 Å². The fourth-order valence-corrected chi connectivity index (χ4v) is 4.44. The lowest BCUT2D eigenvalue weighted by atomic mass is 9.89. The highest BCUT2D eigenvalue weighted by molar-refractivity contribution is 6.31. The lowest BCUT2D eigenvalue weighted by Crippen LogP contribution is -2.44. The Labute approximate surface area is 187 Å². The van der Waals surface area contributed by atoms with Crippen molar-refractivity contribution in [3.63, 3.8) is 0 Å². The number of rotatable bonds is 3. The van der Waals surface area contributed by atoms with Gasteiger partial charge in [-0.2, -0.15) is 5.10 Å². The summed E-state index contributed by atoms with van der Waals surface area (Å²) in [5.74, 6) is -0.584. The van der Waals surface area contributed by atoms with Gasteiger partial charge in [0.1, 0.15) is 12.4 Å². The van der Waals surface area contributed by atoms with E-state index in [0.717, 1.165) is 5.56 Å². The highest BCUT2D eigenvalue weighted by atomic mass is 35.5. The van der Waals surface area contributed by atoms with E-state index in [9.17, 15) is 14.0 Å². The second-order valence-corrected chi connectivity index (χ2v) is 8.24. The summed E-state index contributed by atoms with van der Waals surface area (Å²) in [7, 11) is 0. The molecule has 3 aromatic rings. The first-order valence-corrected chi connectivity index (χ1v) is 10.4. The summed E-state index contributed by atoms with van der Waals surface area (Å²) in [4.78, 5) is 26.6. The van der Waals surface area contributed by atoms with E-state index in [1.807, 2.05) is 30.3 Å². The molecular formula is C22H19ClFN5O3. The van der Waals surface area contributed by atoms with Gasteiger partial charge in [-0.1, -0.05) is 41.9 Å². The fourth-order valence-electron chi connectivity index (χ4n) is 4.28. The second kappa shape index (κ2) is 7.52. The lowest BCUT2D eigenvalue weighted by molar-refractivity contribution is -0.132. The van der Waals surface area contributed by atoms with Gasteiger partial charge in [-0.25, -0.2) is 13.9 Å². The molecule has 3 N–H and O–H groups in total. The van der Waals surface area contributed by atoms with Gasteiger partial charge in [0.05, 0.1) is 28.5 Å². The number of fused-ring (bicyclic) bond motifs is 2. The molecule has 10 heteroatoms. The van der Waals surface area contributed by atoms with Crippen molar-refractivity contribution in [2.24, 2.45) is 0 Å². The van der Waals surface area contributed by atoms with E-state index in [0.29, 0.717) is 17.2 Å². The molecule has 164 valence electrons. The van der Waals surface area contributed by atoms with Gasteiger partial charge < -0.3 is 15.4 Å². The molecule has 3 heterocycles. The topological polar surface area (TPSA) is 102 Å². The molecule has 1 atom stereocenters. The van der Waals surface area contributed by atoms with Crippen LogP contribution < -0.4 is 11.1 Å². The Morgan fingerprint density at radius 3 is 2.84 bits per heavy atom. The number of amides is 2. The van der Waals surface area contributed by atoms with Gasteiger partial charge in [-0.3, -0.25) is 10.1 Å². The molecule has 1 spiro atoms. The third-order valence-corrected chi connectivity index (χ3v) is 6.12. The smallest absolute Gasteiger partial charge is 0.412 e. The minimum atomic E-state index is -1.30. The quantitative estimate of drug-likeness (QED) is 0.628. The number of nitrogens with two attached hydrogens (primary N) is 1. The van der Waals surface area contributed by atoms with Gasteiger partial charge >= 0.3 is 6.09 Å². The standard InChI is InChI=1S/C22H19ClFN5O3/c23-14-6-7-15-19(20(14)24)22(32-21(31)26-15)8-9-28(12-22)18(30)11-29-17(25)10-16(27-29)13-4-2-1-3-5-13/h1-7,10H,8-9,11-12,25H2,(H,26,31)/t22-/m0/s1. The number of nitrogens with one attached hydrogen (secondary N) is 1. The fraction of sp³-hybridized carbons (Fsp3) is 0.227. The van der Waals surface area contributed by atoms with Crippen LogP contribution in [0.2, 0.25) is 5.02 Å². The number of likely N-dealkylation sites (tertiary alicyclic amines) is 1. The summed E-state index contributed by atoms with van der Waals surface area (Å²) in [6.07, 6.45) is -0.447. The number of anilines is 2. The number of hydrogen-bond donors (Lipinski definition) is 2. The van der Waals surface area contributed by atoms with Gasteiger partial charge in [0, 0.05) is 24.6 Å². The summed E-state index contributed by atoms with van der Waals surface area (Å²) in [6, 6.07) is 14.1. The van der Waals surface area contributed by atoms with Gasteiger partial charge in [0.2, 0.25) is 5.91 Å². The molecule has 32 heavy (non-hydrogen) atoms. The largest absolute Gasteiger partial charge is 0.436 e. The minimum Gasteiger partial charge on any atom is -0.436 e. The molecule has 2 aliphatic heterocycles. The zero-order valence-electron chi connectivity index (χ0n) is 16.8. The number of benzene rings is 2. The maximum Gasteiger partial charge on any atom is 0.412 e. The molecule has 0 radical (unpaired) electrons. The molecule has 5 rings (SSSR count). The van der Waals surface area contributed by atoms with Gasteiger partial charge in [0.15, 0.2) is 11.4 Å². The number of nitrogens with zero attached hydrogens (tertiary/aromatic N) is 3. The Balaban J connectivity index is 1.38. The van der Waals surface area contributed by atoms with E-state index < -0.39 is 17.5 Å². The SMILES string of the molecule is Nc1cc(-c2ccccc2)nn1CC(=O)N1CC[C@@]2(C1)OC(=O)Nc1ccc(Cl)c(F)c12.